The molecule has 0 spiro atoms. The minimum atomic E-state index is 0.371. The first kappa shape index (κ1) is 11.4. The summed E-state index contributed by atoms with van der Waals surface area (Å²) in [4.78, 5) is 0.371. The van der Waals surface area contributed by atoms with Crippen LogP contribution in [0.5, 0.6) is 0 Å². The molecule has 0 heterocycles. The maximum Gasteiger partial charge on any atom is 0.0461 e. The highest BCUT2D eigenvalue weighted by molar-refractivity contribution is 9.09. The minimum absolute atomic E-state index is 0.371. The highest BCUT2D eigenvalue weighted by Crippen LogP contribution is 2.37. The average Bonchev–Trinajstić information content (AvgIpc) is 2.39. The van der Waals surface area contributed by atoms with Crippen LogP contribution in [0.15, 0.2) is 60.7 Å². The monoisotopic (exact) mass is 274 g/mol. The Labute approximate surface area is 105 Å². The molecule has 2 aromatic carbocycles. The molecule has 0 fully saturated rings. The van der Waals surface area contributed by atoms with Crippen molar-refractivity contribution in [2.24, 2.45) is 0 Å². The smallest absolute Gasteiger partial charge is 0.0461 e. The van der Waals surface area contributed by atoms with Gasteiger partial charge in [-0.3, -0.25) is 0 Å². The van der Waals surface area contributed by atoms with Gasteiger partial charge in [-0.2, -0.15) is 0 Å². The molecule has 0 bridgehead atoms. The van der Waals surface area contributed by atoms with Gasteiger partial charge in [-0.05, 0) is 17.0 Å². The van der Waals surface area contributed by atoms with Crippen LogP contribution in [0.2, 0.25) is 0 Å². The molecule has 0 unspecified atom stereocenters. The quantitative estimate of drug-likeness (QED) is 0.697. The summed E-state index contributed by atoms with van der Waals surface area (Å²) in [6, 6.07) is 21.2. The molecule has 16 heavy (non-hydrogen) atoms. The van der Waals surface area contributed by atoms with E-state index < -0.39 is 0 Å². The minimum Gasteiger partial charge on any atom is -0.0832 e. The first-order valence-corrected chi connectivity index (χ1v) is 6.44. The van der Waals surface area contributed by atoms with Crippen LogP contribution in [-0.4, -0.2) is 0 Å². The third-order valence-corrected chi connectivity index (χ3v) is 4.20. The lowest BCUT2D eigenvalue weighted by Gasteiger charge is -2.19. The summed E-state index contributed by atoms with van der Waals surface area (Å²) in [5.41, 5.74) is 2.70. The van der Waals surface area contributed by atoms with Crippen molar-refractivity contribution in [3.8, 4) is 0 Å². The lowest BCUT2D eigenvalue weighted by molar-refractivity contribution is 0.752. The van der Waals surface area contributed by atoms with Gasteiger partial charge < -0.3 is 0 Å². The molecule has 2 rings (SSSR count). The molecule has 0 aliphatic heterocycles. The van der Waals surface area contributed by atoms with E-state index in [1.807, 2.05) is 0 Å². The van der Waals surface area contributed by atoms with E-state index in [1.54, 1.807) is 0 Å². The van der Waals surface area contributed by atoms with Crippen molar-refractivity contribution in [2.75, 3.05) is 0 Å². The van der Waals surface area contributed by atoms with Crippen molar-refractivity contribution in [1.29, 1.82) is 0 Å². The van der Waals surface area contributed by atoms with E-state index in [2.05, 4.69) is 83.5 Å². The zero-order valence-corrected chi connectivity index (χ0v) is 10.9. The first-order chi connectivity index (χ1) is 7.79. The number of alkyl halides is 1. The predicted molar refractivity (Wildman–Crippen MR) is 73.0 cm³/mol. The summed E-state index contributed by atoms with van der Waals surface area (Å²) >= 11 is 3.79. The second kappa shape index (κ2) is 5.31. The SMILES string of the molecule is C[C@H](c1ccccc1)[C@@H](Br)c1ccccc1. The Morgan fingerprint density at radius 3 is 1.69 bits per heavy atom. The summed E-state index contributed by atoms with van der Waals surface area (Å²) in [5, 5.41) is 0. The molecule has 2 atom stereocenters. The normalized spacial score (nSPS) is 14.4. The van der Waals surface area contributed by atoms with Crippen molar-refractivity contribution in [3.05, 3.63) is 71.8 Å². The summed E-state index contributed by atoms with van der Waals surface area (Å²) in [6.45, 7) is 2.25. The van der Waals surface area contributed by atoms with Crippen LogP contribution in [0.25, 0.3) is 0 Å². The van der Waals surface area contributed by atoms with Gasteiger partial charge in [0.15, 0.2) is 0 Å². The van der Waals surface area contributed by atoms with Crippen molar-refractivity contribution in [2.45, 2.75) is 17.7 Å². The fourth-order valence-electron chi connectivity index (χ4n) is 1.85. The molecule has 2 aromatic rings. The fourth-order valence-corrected chi connectivity index (χ4v) is 2.46. The topological polar surface area (TPSA) is 0 Å². The van der Waals surface area contributed by atoms with Crippen LogP contribution >= 0.6 is 15.9 Å². The molecule has 82 valence electrons. The second-order valence-corrected chi connectivity index (χ2v) is 5.00. The second-order valence-electron chi connectivity index (χ2n) is 4.01. The molecule has 0 saturated heterocycles. The van der Waals surface area contributed by atoms with E-state index in [9.17, 15) is 0 Å². The lowest BCUT2D eigenvalue weighted by Crippen LogP contribution is -2.01. The number of hydrogen-bond acceptors (Lipinski definition) is 0. The number of halogens is 1. The highest BCUT2D eigenvalue weighted by atomic mass is 79.9. The Bertz CT molecular complexity index is 378. The summed E-state index contributed by atoms with van der Waals surface area (Å²) in [7, 11) is 0. The van der Waals surface area contributed by atoms with Gasteiger partial charge in [0.1, 0.15) is 0 Å². The third-order valence-electron chi connectivity index (χ3n) is 2.88. The molecule has 0 nitrogen and oxygen atoms in total. The average molecular weight is 275 g/mol. The van der Waals surface area contributed by atoms with Crippen molar-refractivity contribution in [3.63, 3.8) is 0 Å². The molecule has 0 N–H and O–H groups in total. The summed E-state index contributed by atoms with van der Waals surface area (Å²) < 4.78 is 0. The van der Waals surface area contributed by atoms with Crippen LogP contribution in [0.4, 0.5) is 0 Å². The number of benzene rings is 2. The molecular weight excluding hydrogens is 260 g/mol. The van der Waals surface area contributed by atoms with Gasteiger partial charge in [0.25, 0.3) is 0 Å². The molecule has 0 aliphatic carbocycles. The van der Waals surface area contributed by atoms with E-state index in [-0.39, 0.29) is 0 Å². The molecule has 0 aromatic heterocycles. The van der Waals surface area contributed by atoms with E-state index >= 15 is 0 Å². The van der Waals surface area contributed by atoms with Crippen LogP contribution in [0.1, 0.15) is 28.8 Å². The number of hydrogen-bond donors (Lipinski definition) is 0. The molecule has 1 heteroatoms. The van der Waals surface area contributed by atoms with Gasteiger partial charge in [-0.15, -0.1) is 0 Å². The van der Waals surface area contributed by atoms with Crippen molar-refractivity contribution in [1.82, 2.24) is 0 Å². The van der Waals surface area contributed by atoms with Gasteiger partial charge in [-0.25, -0.2) is 0 Å². The van der Waals surface area contributed by atoms with Gasteiger partial charge in [0, 0.05) is 4.83 Å². The van der Waals surface area contributed by atoms with E-state index in [0.717, 1.165) is 0 Å². The molecule has 0 amide bonds. The van der Waals surface area contributed by atoms with E-state index in [0.29, 0.717) is 10.7 Å². The zero-order chi connectivity index (χ0) is 11.4. The van der Waals surface area contributed by atoms with Crippen molar-refractivity contribution >= 4 is 15.9 Å². The summed E-state index contributed by atoms with van der Waals surface area (Å²) in [6.07, 6.45) is 0. The summed E-state index contributed by atoms with van der Waals surface area (Å²) in [5.74, 6) is 0.476. The van der Waals surface area contributed by atoms with Crippen LogP contribution in [-0.2, 0) is 0 Å². The van der Waals surface area contributed by atoms with Gasteiger partial charge in [0.05, 0.1) is 0 Å². The molecular formula is C15H15Br. The first-order valence-electron chi connectivity index (χ1n) is 5.53. The van der Waals surface area contributed by atoms with Crippen molar-refractivity contribution < 1.29 is 0 Å². The third kappa shape index (κ3) is 2.53. The van der Waals surface area contributed by atoms with Crippen LogP contribution in [0.3, 0.4) is 0 Å². The van der Waals surface area contributed by atoms with Crippen LogP contribution < -0.4 is 0 Å². The van der Waals surface area contributed by atoms with Gasteiger partial charge >= 0.3 is 0 Å². The van der Waals surface area contributed by atoms with Gasteiger partial charge in [0.2, 0.25) is 0 Å². The fraction of sp³-hybridized carbons (Fsp3) is 0.200. The number of rotatable bonds is 3. The van der Waals surface area contributed by atoms with Crippen LogP contribution in [0, 0.1) is 0 Å². The largest absolute Gasteiger partial charge is 0.0832 e. The Morgan fingerprint density at radius 1 is 0.750 bits per heavy atom. The standard InChI is InChI=1S/C15H15Br/c1-12(13-8-4-2-5-9-13)15(16)14-10-6-3-7-11-14/h2-12,15H,1H3/t12-,15-/m1/s1. The Morgan fingerprint density at radius 2 is 1.19 bits per heavy atom. The van der Waals surface area contributed by atoms with E-state index in [4.69, 9.17) is 0 Å². The Balaban J connectivity index is 2.20. The maximum absolute atomic E-state index is 3.79. The lowest BCUT2D eigenvalue weighted by atomic mass is 9.94. The maximum atomic E-state index is 3.79. The Hall–Kier alpha value is -1.08. The van der Waals surface area contributed by atoms with E-state index in [1.165, 1.54) is 11.1 Å². The molecule has 0 radical (unpaired) electrons. The van der Waals surface area contributed by atoms with Gasteiger partial charge in [-0.1, -0.05) is 83.5 Å². The molecule has 0 aliphatic rings. The molecule has 0 saturated carbocycles. The highest BCUT2D eigenvalue weighted by Gasteiger charge is 2.16. The zero-order valence-electron chi connectivity index (χ0n) is 9.31. The predicted octanol–water partition coefficient (Wildman–Crippen LogP) is 4.93. The Kier molecular flexibility index (Phi) is 3.79.